The van der Waals surface area contributed by atoms with Crippen LogP contribution in [-0.2, 0) is 0 Å². The van der Waals surface area contributed by atoms with Gasteiger partial charge in [-0.2, -0.15) is 0 Å². The number of aromatic carboxylic acids is 1. The van der Waals surface area contributed by atoms with Crippen LogP contribution in [0.1, 0.15) is 10.5 Å². The van der Waals surface area contributed by atoms with Gasteiger partial charge in [0.15, 0.2) is 23.1 Å². The zero-order chi connectivity index (χ0) is 14.2. The summed E-state index contributed by atoms with van der Waals surface area (Å²) in [5.41, 5.74) is 5.01. The van der Waals surface area contributed by atoms with Crippen molar-refractivity contribution < 1.29 is 19.4 Å². The number of anilines is 1. The van der Waals surface area contributed by atoms with E-state index in [2.05, 4.69) is 25.9 Å². The molecule has 1 aromatic carbocycles. The Morgan fingerprint density at radius 2 is 2.05 bits per heavy atom. The second-order valence-electron chi connectivity index (χ2n) is 3.56. The predicted octanol–water partition coefficient (Wildman–Crippen LogP) is 2.03. The highest BCUT2D eigenvalue weighted by molar-refractivity contribution is 9.10. The number of halogens is 2. The normalized spacial score (nSPS) is 10.4. The van der Waals surface area contributed by atoms with E-state index in [1.807, 2.05) is 0 Å². The number of nitrogens with zero attached hydrogens (tertiary/aromatic N) is 2. The summed E-state index contributed by atoms with van der Waals surface area (Å²) >= 11 is 2.99. The lowest BCUT2D eigenvalue weighted by atomic mass is 10.2. The molecule has 1 heterocycles. The van der Waals surface area contributed by atoms with E-state index in [1.54, 1.807) is 0 Å². The van der Waals surface area contributed by atoms with Gasteiger partial charge in [0.05, 0.1) is 4.47 Å². The summed E-state index contributed by atoms with van der Waals surface area (Å²) < 4.78 is 13.7. The van der Waals surface area contributed by atoms with Crippen LogP contribution in [0.5, 0.6) is 5.75 Å². The molecule has 0 saturated carbocycles. The van der Waals surface area contributed by atoms with Crippen molar-refractivity contribution in [3.05, 3.63) is 34.2 Å². The monoisotopic (exact) mass is 327 g/mol. The molecule has 0 fully saturated rings. The van der Waals surface area contributed by atoms with Gasteiger partial charge in [0.2, 0.25) is 0 Å². The quantitative estimate of drug-likeness (QED) is 0.778. The molecular formula is C11H7BrFN3O3. The molecule has 98 valence electrons. The SMILES string of the molecule is Nc1nc(-c2ccc(Br)c(F)c2)nc(C(=O)O)c1O. The number of aromatic hydroxyl groups is 1. The standard InChI is InChI=1S/C11H7BrFN3O3/c12-5-2-1-4(3-6(5)13)10-15-7(11(18)19)8(17)9(14)16-10/h1-3,17H,(H,18,19)(H2,14,15,16). The molecule has 0 aliphatic heterocycles. The Kier molecular flexibility index (Phi) is 3.34. The van der Waals surface area contributed by atoms with Gasteiger partial charge in [-0.05, 0) is 34.1 Å². The average molecular weight is 328 g/mol. The summed E-state index contributed by atoms with van der Waals surface area (Å²) in [7, 11) is 0. The number of carboxylic acid groups (broad SMARTS) is 1. The van der Waals surface area contributed by atoms with Crippen molar-refractivity contribution in [3.63, 3.8) is 0 Å². The first kappa shape index (κ1) is 13.2. The molecular weight excluding hydrogens is 321 g/mol. The third-order valence-corrected chi connectivity index (χ3v) is 2.93. The minimum Gasteiger partial charge on any atom is -0.503 e. The molecule has 0 amide bonds. The number of nitrogens with two attached hydrogens (primary N) is 1. The lowest BCUT2D eigenvalue weighted by Gasteiger charge is -2.06. The first-order chi connectivity index (χ1) is 8.90. The van der Waals surface area contributed by atoms with Gasteiger partial charge in [0.1, 0.15) is 5.82 Å². The molecule has 0 spiro atoms. The van der Waals surface area contributed by atoms with E-state index in [0.29, 0.717) is 0 Å². The highest BCUT2D eigenvalue weighted by Gasteiger charge is 2.18. The lowest BCUT2D eigenvalue weighted by molar-refractivity contribution is 0.0687. The van der Waals surface area contributed by atoms with E-state index in [0.717, 1.165) is 6.07 Å². The first-order valence-electron chi connectivity index (χ1n) is 4.95. The van der Waals surface area contributed by atoms with Crippen molar-refractivity contribution in [1.29, 1.82) is 0 Å². The number of nitrogen functional groups attached to an aromatic ring is 1. The zero-order valence-corrected chi connectivity index (χ0v) is 10.8. The number of carbonyl (C=O) groups is 1. The lowest BCUT2D eigenvalue weighted by Crippen LogP contribution is -2.07. The number of carboxylic acids is 1. The Morgan fingerprint density at radius 1 is 1.37 bits per heavy atom. The van der Waals surface area contributed by atoms with Crippen molar-refractivity contribution >= 4 is 27.7 Å². The molecule has 2 aromatic rings. The van der Waals surface area contributed by atoms with Crippen LogP contribution >= 0.6 is 15.9 Å². The zero-order valence-electron chi connectivity index (χ0n) is 9.26. The summed E-state index contributed by atoms with van der Waals surface area (Å²) in [6.45, 7) is 0. The Bertz CT molecular complexity index is 678. The number of rotatable bonds is 2. The van der Waals surface area contributed by atoms with E-state index in [-0.39, 0.29) is 21.7 Å². The molecule has 8 heteroatoms. The maximum absolute atomic E-state index is 13.4. The highest BCUT2D eigenvalue weighted by Crippen LogP contribution is 2.27. The first-order valence-corrected chi connectivity index (χ1v) is 5.74. The molecule has 6 nitrogen and oxygen atoms in total. The van der Waals surface area contributed by atoms with E-state index >= 15 is 0 Å². The van der Waals surface area contributed by atoms with Crippen molar-refractivity contribution in [2.45, 2.75) is 0 Å². The van der Waals surface area contributed by atoms with Crippen LogP contribution in [-0.4, -0.2) is 26.2 Å². The molecule has 4 N–H and O–H groups in total. The van der Waals surface area contributed by atoms with E-state index < -0.39 is 23.2 Å². The fraction of sp³-hybridized carbons (Fsp3) is 0. The Morgan fingerprint density at radius 3 is 2.63 bits per heavy atom. The van der Waals surface area contributed by atoms with Crippen LogP contribution in [0.15, 0.2) is 22.7 Å². The summed E-state index contributed by atoms with van der Waals surface area (Å²) in [6, 6.07) is 4.05. The summed E-state index contributed by atoms with van der Waals surface area (Å²) in [6.07, 6.45) is 0. The summed E-state index contributed by atoms with van der Waals surface area (Å²) in [5, 5.41) is 18.3. The van der Waals surface area contributed by atoms with Gasteiger partial charge in [-0.25, -0.2) is 19.2 Å². The second kappa shape index (κ2) is 4.81. The smallest absolute Gasteiger partial charge is 0.358 e. The Hall–Kier alpha value is -2.22. The van der Waals surface area contributed by atoms with Gasteiger partial charge in [0, 0.05) is 5.56 Å². The molecule has 0 atom stereocenters. The number of aromatic nitrogens is 2. The van der Waals surface area contributed by atoms with Crippen LogP contribution in [0.2, 0.25) is 0 Å². The maximum atomic E-state index is 13.4. The average Bonchev–Trinajstić information content (AvgIpc) is 2.35. The molecule has 19 heavy (non-hydrogen) atoms. The van der Waals surface area contributed by atoms with E-state index in [4.69, 9.17) is 10.8 Å². The van der Waals surface area contributed by atoms with Crippen LogP contribution in [0.3, 0.4) is 0 Å². The van der Waals surface area contributed by atoms with Gasteiger partial charge in [-0.15, -0.1) is 0 Å². The summed E-state index contributed by atoms with van der Waals surface area (Å²) in [4.78, 5) is 18.3. The molecule has 1 aromatic heterocycles. The van der Waals surface area contributed by atoms with Gasteiger partial charge < -0.3 is 15.9 Å². The highest BCUT2D eigenvalue weighted by atomic mass is 79.9. The van der Waals surface area contributed by atoms with Crippen molar-refractivity contribution in [2.24, 2.45) is 0 Å². The maximum Gasteiger partial charge on any atom is 0.358 e. The van der Waals surface area contributed by atoms with Crippen molar-refractivity contribution in [1.82, 2.24) is 9.97 Å². The third kappa shape index (κ3) is 2.48. The van der Waals surface area contributed by atoms with E-state index in [1.165, 1.54) is 12.1 Å². The fourth-order valence-corrected chi connectivity index (χ4v) is 1.63. The van der Waals surface area contributed by atoms with Gasteiger partial charge in [0.25, 0.3) is 0 Å². The van der Waals surface area contributed by atoms with E-state index in [9.17, 15) is 14.3 Å². The van der Waals surface area contributed by atoms with Gasteiger partial charge >= 0.3 is 5.97 Å². The minimum atomic E-state index is -1.45. The Balaban J connectivity index is 2.62. The van der Waals surface area contributed by atoms with Crippen LogP contribution in [0.4, 0.5) is 10.2 Å². The largest absolute Gasteiger partial charge is 0.503 e. The molecule has 0 saturated heterocycles. The summed E-state index contributed by atoms with van der Waals surface area (Å²) in [5.74, 6) is -3.19. The Labute approximate surface area is 114 Å². The van der Waals surface area contributed by atoms with Crippen LogP contribution in [0.25, 0.3) is 11.4 Å². The minimum absolute atomic E-state index is 0.0842. The van der Waals surface area contributed by atoms with Crippen LogP contribution < -0.4 is 5.73 Å². The number of benzene rings is 1. The molecule has 0 radical (unpaired) electrons. The third-order valence-electron chi connectivity index (χ3n) is 2.29. The van der Waals surface area contributed by atoms with Gasteiger partial charge in [-0.1, -0.05) is 0 Å². The molecule has 2 rings (SSSR count). The van der Waals surface area contributed by atoms with Crippen molar-refractivity contribution in [3.8, 4) is 17.1 Å². The van der Waals surface area contributed by atoms with Crippen LogP contribution in [0, 0.1) is 5.82 Å². The molecule has 0 aliphatic carbocycles. The predicted molar refractivity (Wildman–Crippen MR) is 68.2 cm³/mol. The van der Waals surface area contributed by atoms with Gasteiger partial charge in [-0.3, -0.25) is 0 Å². The molecule has 0 bridgehead atoms. The fourth-order valence-electron chi connectivity index (χ4n) is 1.39. The topological polar surface area (TPSA) is 109 Å². The molecule has 0 aliphatic rings. The number of hydrogen-bond acceptors (Lipinski definition) is 5. The molecule has 0 unspecified atom stereocenters. The number of hydrogen-bond donors (Lipinski definition) is 3. The van der Waals surface area contributed by atoms with Crippen molar-refractivity contribution in [2.75, 3.05) is 5.73 Å². The second-order valence-corrected chi connectivity index (χ2v) is 4.42.